The summed E-state index contributed by atoms with van der Waals surface area (Å²) in [5.74, 6) is 0.498. The van der Waals surface area contributed by atoms with Crippen LogP contribution in [0.2, 0.25) is 0 Å². The molecule has 20 heavy (non-hydrogen) atoms. The van der Waals surface area contributed by atoms with Gasteiger partial charge in [0.15, 0.2) is 0 Å². The largest absolute Gasteiger partial charge is 0.496 e. The molecule has 0 fully saturated rings. The first-order valence-electron chi connectivity index (χ1n) is 6.76. The summed E-state index contributed by atoms with van der Waals surface area (Å²) in [6, 6.07) is 10.1. The highest BCUT2D eigenvalue weighted by Gasteiger charge is 2.26. The molecule has 0 saturated carbocycles. The fourth-order valence-electron chi connectivity index (χ4n) is 2.39. The molecule has 1 N–H and O–H groups in total. The van der Waals surface area contributed by atoms with Gasteiger partial charge < -0.3 is 10.1 Å². The van der Waals surface area contributed by atoms with E-state index in [0.717, 1.165) is 17.2 Å². The molecule has 108 valence electrons. The van der Waals surface area contributed by atoms with E-state index in [4.69, 9.17) is 4.74 Å². The highest BCUT2D eigenvalue weighted by Crippen LogP contribution is 2.35. The van der Waals surface area contributed by atoms with E-state index >= 15 is 0 Å². The smallest absolute Gasteiger partial charge is 0.257 e. The van der Waals surface area contributed by atoms with Crippen molar-refractivity contribution < 1.29 is 13.5 Å². The topological polar surface area (TPSA) is 21.3 Å². The van der Waals surface area contributed by atoms with E-state index in [-0.39, 0.29) is 0 Å². The van der Waals surface area contributed by atoms with Crippen LogP contribution in [-0.4, -0.2) is 20.1 Å². The van der Waals surface area contributed by atoms with Gasteiger partial charge in [-0.05, 0) is 29.8 Å². The van der Waals surface area contributed by atoms with Gasteiger partial charge in [0.05, 0.1) is 13.2 Å². The maximum atomic E-state index is 13.4. The Morgan fingerprint density at radius 3 is 2.55 bits per heavy atom. The van der Waals surface area contributed by atoms with E-state index in [1.807, 2.05) is 37.3 Å². The SMILES string of the molecule is CCCNC(c1c(OC)ccc2ccccc12)C(F)F. The van der Waals surface area contributed by atoms with E-state index in [0.29, 0.717) is 17.9 Å². The van der Waals surface area contributed by atoms with E-state index in [1.165, 1.54) is 7.11 Å². The summed E-state index contributed by atoms with van der Waals surface area (Å²) in [5.41, 5.74) is 0.536. The Morgan fingerprint density at radius 1 is 1.15 bits per heavy atom. The van der Waals surface area contributed by atoms with Crippen LogP contribution in [0.25, 0.3) is 10.8 Å². The second-order valence-electron chi connectivity index (χ2n) is 4.67. The number of methoxy groups -OCH3 is 1. The third-order valence-corrected chi connectivity index (χ3v) is 3.33. The molecule has 2 aromatic carbocycles. The van der Waals surface area contributed by atoms with Gasteiger partial charge in [-0.15, -0.1) is 0 Å². The number of nitrogens with one attached hydrogen (secondary N) is 1. The summed E-state index contributed by atoms with van der Waals surface area (Å²) < 4.78 is 32.2. The second kappa shape index (κ2) is 6.66. The Kier molecular flexibility index (Phi) is 4.90. The van der Waals surface area contributed by atoms with Crippen LogP contribution in [-0.2, 0) is 0 Å². The Hall–Kier alpha value is -1.68. The van der Waals surface area contributed by atoms with Gasteiger partial charge in [0.2, 0.25) is 0 Å². The van der Waals surface area contributed by atoms with Crippen molar-refractivity contribution in [3.05, 3.63) is 42.0 Å². The third-order valence-electron chi connectivity index (χ3n) is 3.33. The lowest BCUT2D eigenvalue weighted by molar-refractivity contribution is 0.0978. The highest BCUT2D eigenvalue weighted by molar-refractivity contribution is 5.88. The lowest BCUT2D eigenvalue weighted by Gasteiger charge is -2.22. The molecule has 0 bridgehead atoms. The van der Waals surface area contributed by atoms with E-state index < -0.39 is 12.5 Å². The van der Waals surface area contributed by atoms with Crippen molar-refractivity contribution in [3.8, 4) is 5.75 Å². The van der Waals surface area contributed by atoms with Crippen molar-refractivity contribution in [1.82, 2.24) is 5.32 Å². The van der Waals surface area contributed by atoms with Gasteiger partial charge in [-0.1, -0.05) is 37.3 Å². The first-order valence-corrected chi connectivity index (χ1v) is 6.76. The Morgan fingerprint density at radius 2 is 1.90 bits per heavy atom. The van der Waals surface area contributed by atoms with Gasteiger partial charge in [-0.3, -0.25) is 0 Å². The monoisotopic (exact) mass is 279 g/mol. The number of fused-ring (bicyclic) bond motifs is 1. The van der Waals surface area contributed by atoms with Crippen LogP contribution in [0.5, 0.6) is 5.75 Å². The molecular weight excluding hydrogens is 260 g/mol. The highest BCUT2D eigenvalue weighted by atomic mass is 19.3. The maximum Gasteiger partial charge on any atom is 0.257 e. The first kappa shape index (κ1) is 14.7. The number of rotatable bonds is 6. The van der Waals surface area contributed by atoms with E-state index in [2.05, 4.69) is 5.32 Å². The van der Waals surface area contributed by atoms with Crippen molar-refractivity contribution in [2.45, 2.75) is 25.8 Å². The lowest BCUT2D eigenvalue weighted by Crippen LogP contribution is -2.28. The Balaban J connectivity index is 2.58. The number of hydrogen-bond acceptors (Lipinski definition) is 2. The van der Waals surface area contributed by atoms with Crippen molar-refractivity contribution in [2.24, 2.45) is 0 Å². The predicted molar refractivity (Wildman–Crippen MR) is 77.5 cm³/mol. The van der Waals surface area contributed by atoms with Crippen molar-refractivity contribution in [3.63, 3.8) is 0 Å². The molecule has 0 aliphatic heterocycles. The second-order valence-corrected chi connectivity index (χ2v) is 4.67. The minimum absolute atomic E-state index is 0.498. The molecule has 0 saturated heterocycles. The number of alkyl halides is 2. The van der Waals surface area contributed by atoms with Gasteiger partial charge in [0.25, 0.3) is 6.43 Å². The van der Waals surface area contributed by atoms with Crippen molar-refractivity contribution >= 4 is 10.8 Å². The van der Waals surface area contributed by atoms with Crippen LogP contribution in [0, 0.1) is 0 Å². The van der Waals surface area contributed by atoms with Crippen molar-refractivity contribution in [2.75, 3.05) is 13.7 Å². The Labute approximate surface area is 117 Å². The maximum absolute atomic E-state index is 13.4. The molecule has 0 radical (unpaired) electrons. The molecule has 0 spiro atoms. The summed E-state index contributed by atoms with van der Waals surface area (Å²) in [6.07, 6.45) is -1.68. The number of halogens is 2. The zero-order valence-corrected chi connectivity index (χ0v) is 11.7. The first-order chi connectivity index (χ1) is 9.69. The summed E-state index contributed by atoms with van der Waals surface area (Å²) in [5, 5.41) is 4.67. The minimum atomic E-state index is -2.48. The van der Waals surface area contributed by atoms with E-state index in [9.17, 15) is 8.78 Å². The molecule has 0 heterocycles. The van der Waals surface area contributed by atoms with Crippen LogP contribution >= 0.6 is 0 Å². The van der Waals surface area contributed by atoms with Crippen LogP contribution in [0.4, 0.5) is 8.78 Å². The standard InChI is InChI=1S/C16H19F2NO/c1-3-10-19-15(16(17)18)14-12-7-5-4-6-11(12)8-9-13(14)20-2/h4-9,15-16,19H,3,10H2,1-2H3. The predicted octanol–water partition coefficient (Wildman–Crippen LogP) is 4.15. The Bertz CT molecular complexity index is 571. The molecule has 0 aliphatic rings. The van der Waals surface area contributed by atoms with Crippen LogP contribution < -0.4 is 10.1 Å². The average molecular weight is 279 g/mol. The minimum Gasteiger partial charge on any atom is -0.496 e. The van der Waals surface area contributed by atoms with E-state index in [1.54, 1.807) is 6.07 Å². The molecule has 4 heteroatoms. The number of ether oxygens (including phenoxy) is 1. The number of benzene rings is 2. The summed E-state index contributed by atoms with van der Waals surface area (Å²) in [4.78, 5) is 0. The zero-order valence-electron chi connectivity index (χ0n) is 11.7. The lowest BCUT2D eigenvalue weighted by atomic mass is 9.97. The molecule has 0 amide bonds. The van der Waals surface area contributed by atoms with Gasteiger partial charge in [0, 0.05) is 5.56 Å². The van der Waals surface area contributed by atoms with Gasteiger partial charge in [-0.25, -0.2) is 8.78 Å². The fourth-order valence-corrected chi connectivity index (χ4v) is 2.39. The molecule has 2 aromatic rings. The molecule has 1 atom stereocenters. The van der Waals surface area contributed by atoms with Crippen LogP contribution in [0.15, 0.2) is 36.4 Å². The normalized spacial score (nSPS) is 12.8. The summed E-state index contributed by atoms with van der Waals surface area (Å²) in [7, 11) is 1.51. The van der Waals surface area contributed by atoms with Gasteiger partial charge in [0.1, 0.15) is 5.75 Å². The molecule has 0 aliphatic carbocycles. The number of hydrogen-bond donors (Lipinski definition) is 1. The molecule has 2 nitrogen and oxygen atoms in total. The average Bonchev–Trinajstić information content (AvgIpc) is 2.47. The molecular formula is C16H19F2NO. The molecule has 1 unspecified atom stereocenters. The quantitative estimate of drug-likeness (QED) is 0.857. The summed E-state index contributed by atoms with van der Waals surface area (Å²) >= 11 is 0. The van der Waals surface area contributed by atoms with Gasteiger partial charge >= 0.3 is 0 Å². The van der Waals surface area contributed by atoms with Crippen LogP contribution in [0.1, 0.15) is 24.9 Å². The molecule has 2 rings (SSSR count). The van der Waals surface area contributed by atoms with Crippen LogP contribution in [0.3, 0.4) is 0 Å². The fraction of sp³-hybridized carbons (Fsp3) is 0.375. The third kappa shape index (κ3) is 2.90. The molecule has 0 aromatic heterocycles. The zero-order chi connectivity index (χ0) is 14.5. The summed E-state index contributed by atoms with van der Waals surface area (Å²) in [6.45, 7) is 2.50. The van der Waals surface area contributed by atoms with Crippen molar-refractivity contribution in [1.29, 1.82) is 0 Å². The van der Waals surface area contributed by atoms with Gasteiger partial charge in [-0.2, -0.15) is 0 Å².